The minimum atomic E-state index is -0.803. The highest BCUT2D eigenvalue weighted by atomic mass is 16.7. The molecule has 134 valence electrons. The summed E-state index contributed by atoms with van der Waals surface area (Å²) in [6.07, 6.45) is -2.24. The quantitative estimate of drug-likeness (QED) is 0.637. The number of aliphatic hydroxyl groups excluding tert-OH is 2. The van der Waals surface area contributed by atoms with Crippen LogP contribution in [0.3, 0.4) is 0 Å². The number of nitrogens with one attached hydrogen (secondary N) is 1. The second kappa shape index (κ2) is 8.35. The maximum absolute atomic E-state index is 10.8. The van der Waals surface area contributed by atoms with E-state index in [1.54, 1.807) is 0 Å². The summed E-state index contributed by atoms with van der Waals surface area (Å²) in [7, 11) is 1.54. The van der Waals surface area contributed by atoms with Crippen molar-refractivity contribution in [3.63, 3.8) is 0 Å². The van der Waals surface area contributed by atoms with Gasteiger partial charge in [-0.15, -0.1) is 0 Å². The van der Waals surface area contributed by atoms with Crippen molar-refractivity contribution in [2.24, 2.45) is 0 Å². The van der Waals surface area contributed by atoms with E-state index in [4.69, 9.17) is 24.1 Å². The standard InChI is InChI=1S/C17H25NO6/c1-21-17-13(18-8-5-9-19)14(20)15-12(23-17)10-22-16(24-15)11-6-3-2-4-7-11/h2-4,6-7,12-20H,5,8-10H2,1H3/t12-,13+,14+,15-,16?,17+/m1/s1. The molecule has 6 atom stereocenters. The van der Waals surface area contributed by atoms with Gasteiger partial charge in [0.25, 0.3) is 0 Å². The Hall–Kier alpha value is -1.06. The largest absolute Gasteiger partial charge is 0.396 e. The van der Waals surface area contributed by atoms with Crippen molar-refractivity contribution in [2.45, 2.75) is 43.4 Å². The zero-order chi connectivity index (χ0) is 16.9. The third-order valence-corrected chi connectivity index (χ3v) is 4.38. The summed E-state index contributed by atoms with van der Waals surface area (Å²) in [5, 5.41) is 22.9. The van der Waals surface area contributed by atoms with Crippen molar-refractivity contribution in [3.8, 4) is 0 Å². The number of rotatable bonds is 6. The van der Waals surface area contributed by atoms with E-state index < -0.39 is 30.8 Å². The van der Waals surface area contributed by atoms with Crippen LogP contribution in [0.2, 0.25) is 0 Å². The first kappa shape index (κ1) is 17.8. The third-order valence-electron chi connectivity index (χ3n) is 4.38. The number of fused-ring (bicyclic) bond motifs is 1. The van der Waals surface area contributed by atoms with Gasteiger partial charge in [0.1, 0.15) is 18.3 Å². The maximum Gasteiger partial charge on any atom is 0.184 e. The molecule has 7 heteroatoms. The minimum absolute atomic E-state index is 0.0841. The van der Waals surface area contributed by atoms with E-state index in [1.807, 2.05) is 30.3 Å². The molecule has 0 saturated carbocycles. The highest BCUT2D eigenvalue weighted by Crippen LogP contribution is 2.34. The summed E-state index contributed by atoms with van der Waals surface area (Å²) in [4.78, 5) is 0. The Balaban J connectivity index is 1.69. The van der Waals surface area contributed by atoms with Gasteiger partial charge in [-0.25, -0.2) is 0 Å². The second-order valence-corrected chi connectivity index (χ2v) is 6.00. The van der Waals surface area contributed by atoms with E-state index in [9.17, 15) is 5.11 Å². The van der Waals surface area contributed by atoms with Gasteiger partial charge < -0.3 is 34.5 Å². The number of hydrogen-bond acceptors (Lipinski definition) is 7. The van der Waals surface area contributed by atoms with Crippen molar-refractivity contribution in [3.05, 3.63) is 35.9 Å². The first-order valence-corrected chi connectivity index (χ1v) is 8.27. The van der Waals surface area contributed by atoms with E-state index in [0.717, 1.165) is 5.56 Å². The van der Waals surface area contributed by atoms with Gasteiger partial charge in [0.05, 0.1) is 12.6 Å². The van der Waals surface area contributed by atoms with Gasteiger partial charge in [-0.2, -0.15) is 0 Å². The lowest BCUT2D eigenvalue weighted by Crippen LogP contribution is -2.66. The summed E-state index contributed by atoms with van der Waals surface area (Å²) in [5.41, 5.74) is 0.904. The van der Waals surface area contributed by atoms with E-state index in [0.29, 0.717) is 19.6 Å². The molecule has 0 amide bonds. The molecule has 2 heterocycles. The van der Waals surface area contributed by atoms with Crippen molar-refractivity contribution in [1.82, 2.24) is 5.32 Å². The second-order valence-electron chi connectivity index (χ2n) is 6.00. The molecular weight excluding hydrogens is 314 g/mol. The third kappa shape index (κ3) is 3.78. The van der Waals surface area contributed by atoms with Crippen LogP contribution in [-0.4, -0.2) is 67.7 Å². The maximum atomic E-state index is 10.8. The number of ether oxygens (including phenoxy) is 4. The van der Waals surface area contributed by atoms with Crippen LogP contribution in [-0.2, 0) is 18.9 Å². The van der Waals surface area contributed by atoms with Crippen LogP contribution in [0.15, 0.2) is 30.3 Å². The molecule has 2 saturated heterocycles. The molecule has 0 bridgehead atoms. The van der Waals surface area contributed by atoms with Crippen molar-refractivity contribution < 1.29 is 29.2 Å². The fraction of sp³-hybridized carbons (Fsp3) is 0.647. The molecule has 0 aliphatic carbocycles. The van der Waals surface area contributed by atoms with Crippen LogP contribution < -0.4 is 5.32 Å². The highest BCUT2D eigenvalue weighted by Gasteiger charge is 2.49. The molecule has 0 spiro atoms. The van der Waals surface area contributed by atoms with Crippen LogP contribution >= 0.6 is 0 Å². The summed E-state index contributed by atoms with van der Waals surface area (Å²) in [6, 6.07) is 9.19. The molecule has 0 radical (unpaired) electrons. The van der Waals surface area contributed by atoms with E-state index in [1.165, 1.54) is 7.11 Å². The zero-order valence-electron chi connectivity index (χ0n) is 13.7. The molecule has 3 rings (SSSR count). The van der Waals surface area contributed by atoms with Gasteiger partial charge in [0.2, 0.25) is 0 Å². The van der Waals surface area contributed by atoms with Gasteiger partial charge in [-0.3, -0.25) is 0 Å². The van der Waals surface area contributed by atoms with Crippen molar-refractivity contribution >= 4 is 0 Å². The lowest BCUT2D eigenvalue weighted by molar-refractivity contribution is -0.341. The molecule has 7 nitrogen and oxygen atoms in total. The molecule has 2 aliphatic rings. The van der Waals surface area contributed by atoms with Crippen molar-refractivity contribution in [2.75, 3.05) is 26.9 Å². The summed E-state index contributed by atoms with van der Waals surface area (Å²) >= 11 is 0. The fourth-order valence-corrected chi connectivity index (χ4v) is 3.14. The Morgan fingerprint density at radius 2 is 2.04 bits per heavy atom. The Morgan fingerprint density at radius 1 is 1.25 bits per heavy atom. The first-order chi connectivity index (χ1) is 11.7. The molecule has 2 fully saturated rings. The molecule has 1 aromatic carbocycles. The van der Waals surface area contributed by atoms with Crippen LogP contribution in [0, 0.1) is 0 Å². The average Bonchev–Trinajstić information content (AvgIpc) is 2.64. The Labute approximate surface area is 141 Å². The number of methoxy groups -OCH3 is 1. The first-order valence-electron chi connectivity index (χ1n) is 8.27. The van der Waals surface area contributed by atoms with E-state index >= 15 is 0 Å². The SMILES string of the molecule is CO[C@H]1O[C@@H]2COC(c3ccccc3)O[C@H]2[C@@H](O)[C@@H]1NCCCO. The lowest BCUT2D eigenvalue weighted by atomic mass is 9.95. The van der Waals surface area contributed by atoms with E-state index in [-0.39, 0.29) is 12.7 Å². The van der Waals surface area contributed by atoms with Crippen molar-refractivity contribution in [1.29, 1.82) is 0 Å². The summed E-state index contributed by atoms with van der Waals surface area (Å²) in [5.74, 6) is 0. The van der Waals surface area contributed by atoms with Crippen LogP contribution in [0.25, 0.3) is 0 Å². The van der Waals surface area contributed by atoms with Gasteiger partial charge >= 0.3 is 0 Å². The summed E-state index contributed by atoms with van der Waals surface area (Å²) < 4.78 is 22.9. The lowest BCUT2D eigenvalue weighted by Gasteiger charge is -2.47. The number of benzene rings is 1. The fourth-order valence-electron chi connectivity index (χ4n) is 3.14. The van der Waals surface area contributed by atoms with E-state index in [2.05, 4.69) is 5.32 Å². The minimum Gasteiger partial charge on any atom is -0.396 e. The zero-order valence-corrected chi connectivity index (χ0v) is 13.7. The van der Waals surface area contributed by atoms with Gasteiger partial charge in [0.15, 0.2) is 12.6 Å². The Bertz CT molecular complexity index is 501. The smallest absolute Gasteiger partial charge is 0.184 e. The van der Waals surface area contributed by atoms with Gasteiger partial charge in [0, 0.05) is 19.3 Å². The normalized spacial score (nSPS) is 36.3. The number of hydrogen-bond donors (Lipinski definition) is 3. The molecule has 24 heavy (non-hydrogen) atoms. The van der Waals surface area contributed by atoms with Crippen LogP contribution in [0.4, 0.5) is 0 Å². The Morgan fingerprint density at radius 3 is 2.75 bits per heavy atom. The van der Waals surface area contributed by atoms with Gasteiger partial charge in [-0.1, -0.05) is 30.3 Å². The monoisotopic (exact) mass is 339 g/mol. The predicted molar refractivity (Wildman–Crippen MR) is 85.2 cm³/mol. The molecule has 1 aromatic rings. The molecule has 3 N–H and O–H groups in total. The molecule has 2 aliphatic heterocycles. The molecule has 0 aromatic heterocycles. The van der Waals surface area contributed by atoms with Crippen LogP contribution in [0.5, 0.6) is 0 Å². The predicted octanol–water partition coefficient (Wildman–Crippen LogP) is 0.173. The molecular formula is C17H25NO6. The number of aliphatic hydroxyl groups is 2. The molecule has 1 unspecified atom stereocenters. The Kier molecular flexibility index (Phi) is 6.18. The topological polar surface area (TPSA) is 89.4 Å². The van der Waals surface area contributed by atoms with Gasteiger partial charge in [-0.05, 0) is 13.0 Å². The summed E-state index contributed by atoms with van der Waals surface area (Å²) in [6.45, 7) is 0.961. The highest BCUT2D eigenvalue weighted by molar-refractivity contribution is 5.16. The average molecular weight is 339 g/mol. The van der Waals surface area contributed by atoms with Crippen LogP contribution in [0.1, 0.15) is 18.3 Å².